The maximum Gasteiger partial charge on any atom is 0.0915 e. The predicted octanol–water partition coefficient (Wildman–Crippen LogP) is 5.59. The van der Waals surface area contributed by atoms with Crippen molar-refractivity contribution in [2.24, 2.45) is 0 Å². The van der Waals surface area contributed by atoms with E-state index in [9.17, 15) is 5.11 Å². The van der Waals surface area contributed by atoms with Gasteiger partial charge in [0.2, 0.25) is 0 Å². The molecular weight excluding hydrogens is 411 g/mol. The minimum absolute atomic E-state index is 0.00299. The Morgan fingerprint density at radius 1 is 1.04 bits per heavy atom. The van der Waals surface area contributed by atoms with Crippen LogP contribution in [0.1, 0.15) is 34.4 Å². The number of benzene rings is 3. The Kier molecular flexibility index (Phi) is 5.85. The van der Waals surface area contributed by atoms with E-state index in [-0.39, 0.29) is 6.04 Å². The van der Waals surface area contributed by atoms with Crippen LogP contribution >= 0.6 is 35.0 Å². The van der Waals surface area contributed by atoms with E-state index in [0.717, 1.165) is 5.75 Å². The molecule has 3 nitrogen and oxygen atoms in total. The lowest BCUT2D eigenvalue weighted by Gasteiger charge is -2.23. The zero-order valence-corrected chi connectivity index (χ0v) is 17.4. The Morgan fingerprint density at radius 3 is 2.43 bits per heavy atom. The maximum atomic E-state index is 10.7. The highest BCUT2D eigenvalue weighted by Gasteiger charge is 2.24. The predicted molar refractivity (Wildman–Crippen MR) is 118 cm³/mol. The summed E-state index contributed by atoms with van der Waals surface area (Å²) in [6, 6.07) is 20.2. The van der Waals surface area contributed by atoms with Gasteiger partial charge in [-0.15, -0.1) is 11.8 Å². The standard InChI is InChI=1S/C22H20Cl2N2OS/c23-17-9-14(10-18(24)21(17)25)19(27)11-26-22-15-6-2-1-5-13(15)12-28-20-8-4-3-7-16(20)22/h1-10,19,22,26-27H,11-12,25H2/t19-,22-/m1/s1. The Hall–Kier alpha value is -1.69. The largest absolute Gasteiger partial charge is 0.396 e. The van der Waals surface area contributed by atoms with Crippen molar-refractivity contribution >= 4 is 40.7 Å². The summed E-state index contributed by atoms with van der Waals surface area (Å²) in [7, 11) is 0. The Bertz CT molecular complexity index is 941. The van der Waals surface area contributed by atoms with Gasteiger partial charge >= 0.3 is 0 Å². The van der Waals surface area contributed by atoms with E-state index in [1.54, 1.807) is 12.1 Å². The van der Waals surface area contributed by atoms with Crippen LogP contribution in [0.2, 0.25) is 10.0 Å². The quantitative estimate of drug-likeness (QED) is 0.471. The summed E-state index contributed by atoms with van der Waals surface area (Å²) in [5, 5.41) is 15.0. The van der Waals surface area contributed by atoms with Gasteiger partial charge in [0, 0.05) is 17.2 Å². The molecule has 0 spiro atoms. The summed E-state index contributed by atoms with van der Waals surface area (Å²) in [5.41, 5.74) is 10.5. The first-order valence-corrected chi connectivity index (χ1v) is 10.7. The van der Waals surface area contributed by atoms with Crippen molar-refractivity contribution in [3.05, 3.63) is 93.0 Å². The van der Waals surface area contributed by atoms with Gasteiger partial charge in [0.15, 0.2) is 0 Å². The van der Waals surface area contributed by atoms with Gasteiger partial charge in [0.1, 0.15) is 0 Å². The molecule has 4 N–H and O–H groups in total. The number of nitrogens with one attached hydrogen (secondary N) is 1. The summed E-state index contributed by atoms with van der Waals surface area (Å²) in [4.78, 5) is 1.25. The first kappa shape index (κ1) is 19.6. The van der Waals surface area contributed by atoms with Gasteiger partial charge in [-0.05, 0) is 40.5 Å². The van der Waals surface area contributed by atoms with Crippen LogP contribution in [0.3, 0.4) is 0 Å². The highest BCUT2D eigenvalue weighted by atomic mass is 35.5. The van der Waals surface area contributed by atoms with Gasteiger partial charge in [0.05, 0.1) is 27.9 Å². The van der Waals surface area contributed by atoms with Crippen molar-refractivity contribution in [1.82, 2.24) is 5.32 Å². The maximum absolute atomic E-state index is 10.7. The topological polar surface area (TPSA) is 58.3 Å². The molecule has 1 heterocycles. The molecule has 28 heavy (non-hydrogen) atoms. The molecule has 0 aromatic heterocycles. The van der Waals surface area contributed by atoms with Gasteiger partial charge in [-0.3, -0.25) is 0 Å². The molecule has 1 aliphatic rings. The molecule has 0 aliphatic carbocycles. The molecule has 3 aromatic rings. The van der Waals surface area contributed by atoms with Crippen LogP contribution in [-0.4, -0.2) is 11.7 Å². The third kappa shape index (κ3) is 3.88. The van der Waals surface area contributed by atoms with Crippen LogP contribution in [0.5, 0.6) is 0 Å². The fourth-order valence-electron chi connectivity index (χ4n) is 3.48. The molecule has 2 atom stereocenters. The number of hydrogen-bond acceptors (Lipinski definition) is 4. The van der Waals surface area contributed by atoms with Gasteiger partial charge in [0.25, 0.3) is 0 Å². The molecule has 0 bridgehead atoms. The number of nitrogen functional groups attached to an aromatic ring is 1. The molecule has 144 valence electrons. The van der Waals surface area contributed by atoms with E-state index >= 15 is 0 Å². The van der Waals surface area contributed by atoms with Crippen molar-refractivity contribution < 1.29 is 5.11 Å². The van der Waals surface area contributed by atoms with Gasteiger partial charge < -0.3 is 16.2 Å². The number of nitrogens with two attached hydrogens (primary N) is 1. The zero-order valence-electron chi connectivity index (χ0n) is 15.0. The van der Waals surface area contributed by atoms with Crippen LogP contribution in [0.25, 0.3) is 0 Å². The minimum atomic E-state index is -0.758. The van der Waals surface area contributed by atoms with E-state index in [1.807, 2.05) is 11.8 Å². The first-order chi connectivity index (χ1) is 13.5. The molecule has 0 amide bonds. The highest BCUT2D eigenvalue weighted by molar-refractivity contribution is 7.98. The molecule has 0 saturated carbocycles. The second-order valence-corrected chi connectivity index (χ2v) is 8.61. The van der Waals surface area contributed by atoms with E-state index in [2.05, 4.69) is 53.8 Å². The monoisotopic (exact) mass is 430 g/mol. The Labute approximate surface area is 178 Å². The molecule has 0 radical (unpaired) electrons. The van der Waals surface area contributed by atoms with Crippen LogP contribution in [0.15, 0.2) is 65.6 Å². The summed E-state index contributed by atoms with van der Waals surface area (Å²) in [5.74, 6) is 0.928. The van der Waals surface area contributed by atoms with E-state index in [4.69, 9.17) is 28.9 Å². The van der Waals surface area contributed by atoms with Crippen LogP contribution in [0, 0.1) is 0 Å². The van der Waals surface area contributed by atoms with Crippen molar-refractivity contribution in [3.8, 4) is 0 Å². The molecule has 0 saturated heterocycles. The van der Waals surface area contributed by atoms with E-state index in [1.165, 1.54) is 21.6 Å². The van der Waals surface area contributed by atoms with Gasteiger partial charge in [-0.25, -0.2) is 0 Å². The molecule has 1 aliphatic heterocycles. The average molecular weight is 431 g/mol. The lowest BCUT2D eigenvalue weighted by atomic mass is 9.94. The first-order valence-electron chi connectivity index (χ1n) is 9.00. The van der Waals surface area contributed by atoms with Gasteiger partial charge in [-0.2, -0.15) is 0 Å². The Morgan fingerprint density at radius 2 is 1.68 bits per heavy atom. The number of hydrogen-bond donors (Lipinski definition) is 3. The molecular formula is C22H20Cl2N2OS. The molecule has 4 rings (SSSR count). The number of anilines is 1. The molecule has 0 unspecified atom stereocenters. The highest BCUT2D eigenvalue weighted by Crippen LogP contribution is 2.39. The van der Waals surface area contributed by atoms with E-state index < -0.39 is 6.10 Å². The van der Waals surface area contributed by atoms with Crippen molar-refractivity contribution in [3.63, 3.8) is 0 Å². The van der Waals surface area contributed by atoms with E-state index in [0.29, 0.717) is 27.8 Å². The normalized spacial score (nSPS) is 16.8. The summed E-state index contributed by atoms with van der Waals surface area (Å²) < 4.78 is 0. The third-order valence-corrected chi connectivity index (χ3v) is 6.74. The zero-order chi connectivity index (χ0) is 19.7. The second kappa shape index (κ2) is 8.36. The molecule has 0 fully saturated rings. The summed E-state index contributed by atoms with van der Waals surface area (Å²) >= 11 is 14.1. The third-order valence-electron chi connectivity index (χ3n) is 4.98. The number of aliphatic hydroxyl groups is 1. The van der Waals surface area contributed by atoms with Crippen molar-refractivity contribution in [1.29, 1.82) is 0 Å². The van der Waals surface area contributed by atoms with Crippen LogP contribution in [0.4, 0.5) is 5.69 Å². The molecule has 6 heteroatoms. The SMILES string of the molecule is Nc1c(Cl)cc([C@H](O)CN[C@@H]2c3ccccc3CSc3ccccc32)cc1Cl. The number of halogens is 2. The lowest BCUT2D eigenvalue weighted by Crippen LogP contribution is -2.28. The number of fused-ring (bicyclic) bond motifs is 2. The summed E-state index contributed by atoms with van der Waals surface area (Å²) in [6.07, 6.45) is -0.758. The number of aliphatic hydroxyl groups excluding tert-OH is 1. The number of thioether (sulfide) groups is 1. The van der Waals surface area contributed by atoms with Crippen LogP contribution < -0.4 is 11.1 Å². The smallest absolute Gasteiger partial charge is 0.0915 e. The van der Waals surface area contributed by atoms with Crippen molar-refractivity contribution in [2.45, 2.75) is 22.8 Å². The lowest BCUT2D eigenvalue weighted by molar-refractivity contribution is 0.172. The Balaban J connectivity index is 1.62. The molecule has 3 aromatic carbocycles. The fraction of sp³-hybridized carbons (Fsp3) is 0.182. The minimum Gasteiger partial charge on any atom is -0.396 e. The average Bonchev–Trinajstić information content (AvgIpc) is 2.87. The van der Waals surface area contributed by atoms with Gasteiger partial charge in [-0.1, -0.05) is 65.7 Å². The number of rotatable bonds is 4. The second-order valence-electron chi connectivity index (χ2n) is 6.78. The summed E-state index contributed by atoms with van der Waals surface area (Å²) in [6.45, 7) is 0.356. The van der Waals surface area contributed by atoms with Crippen LogP contribution in [-0.2, 0) is 5.75 Å². The fourth-order valence-corrected chi connectivity index (χ4v) is 5.09. The van der Waals surface area contributed by atoms with Crippen molar-refractivity contribution in [2.75, 3.05) is 12.3 Å².